The van der Waals surface area contributed by atoms with E-state index in [4.69, 9.17) is 5.73 Å². The third kappa shape index (κ3) is 3.57. The van der Waals surface area contributed by atoms with E-state index in [9.17, 15) is 22.4 Å². The van der Waals surface area contributed by atoms with Crippen LogP contribution in [0.5, 0.6) is 0 Å². The molecule has 1 aliphatic carbocycles. The Morgan fingerprint density at radius 2 is 2.06 bits per heavy atom. The van der Waals surface area contributed by atoms with Crippen LogP contribution >= 0.6 is 0 Å². The molecule has 18 heavy (non-hydrogen) atoms. The highest BCUT2D eigenvalue weighted by Crippen LogP contribution is 2.28. The number of rotatable bonds is 4. The predicted molar refractivity (Wildman–Crippen MR) is 58.4 cm³/mol. The molecule has 1 fully saturated rings. The zero-order chi connectivity index (χ0) is 13.9. The fraction of sp³-hybridized carbons (Fsp3) is 0.909. The van der Waals surface area contributed by atoms with Crippen LogP contribution in [-0.2, 0) is 4.79 Å². The van der Waals surface area contributed by atoms with Gasteiger partial charge in [-0.25, -0.2) is 8.78 Å². The second-order valence-electron chi connectivity index (χ2n) is 4.87. The van der Waals surface area contributed by atoms with Crippen molar-refractivity contribution in [2.45, 2.75) is 44.6 Å². The zero-order valence-corrected chi connectivity index (χ0v) is 10.1. The molecule has 3 unspecified atom stereocenters. The Labute approximate surface area is 103 Å². The standard InChI is InChI=1S/C11H18F4N2O/c1-6-3-2-4-7(8(6)16)9(18)17-5-11(14,15)10(12)13/h6-8,10H,2-5,16H2,1H3,(H,17,18). The highest BCUT2D eigenvalue weighted by molar-refractivity contribution is 5.79. The Bertz CT molecular complexity index is 299. The van der Waals surface area contributed by atoms with Crippen molar-refractivity contribution in [2.24, 2.45) is 17.6 Å². The van der Waals surface area contributed by atoms with Crippen molar-refractivity contribution >= 4 is 5.91 Å². The number of hydrogen-bond acceptors (Lipinski definition) is 2. The Kier molecular flexibility index (Phi) is 4.95. The second-order valence-corrected chi connectivity index (χ2v) is 4.87. The van der Waals surface area contributed by atoms with Gasteiger partial charge in [0.2, 0.25) is 5.91 Å². The third-order valence-corrected chi connectivity index (χ3v) is 3.45. The van der Waals surface area contributed by atoms with E-state index in [2.05, 4.69) is 0 Å². The average molecular weight is 270 g/mol. The number of carbonyl (C=O) groups is 1. The van der Waals surface area contributed by atoms with Crippen molar-refractivity contribution in [1.82, 2.24) is 5.32 Å². The Balaban J connectivity index is 2.50. The second kappa shape index (κ2) is 5.86. The molecule has 1 saturated carbocycles. The van der Waals surface area contributed by atoms with Gasteiger partial charge in [0, 0.05) is 6.04 Å². The van der Waals surface area contributed by atoms with E-state index in [1.165, 1.54) is 0 Å². The molecular formula is C11H18F4N2O. The number of nitrogens with one attached hydrogen (secondary N) is 1. The number of amides is 1. The summed E-state index contributed by atoms with van der Waals surface area (Å²) >= 11 is 0. The normalized spacial score (nSPS) is 29.4. The zero-order valence-electron chi connectivity index (χ0n) is 10.1. The van der Waals surface area contributed by atoms with E-state index >= 15 is 0 Å². The molecular weight excluding hydrogens is 252 g/mol. The van der Waals surface area contributed by atoms with Crippen LogP contribution in [0.4, 0.5) is 17.6 Å². The third-order valence-electron chi connectivity index (χ3n) is 3.45. The first-order chi connectivity index (χ1) is 8.25. The van der Waals surface area contributed by atoms with Crippen molar-refractivity contribution in [1.29, 1.82) is 0 Å². The summed E-state index contributed by atoms with van der Waals surface area (Å²) in [7, 11) is 0. The maximum Gasteiger partial charge on any atom is 0.324 e. The van der Waals surface area contributed by atoms with E-state index in [0.29, 0.717) is 6.42 Å². The number of carbonyl (C=O) groups excluding carboxylic acids is 1. The molecule has 0 aromatic carbocycles. The summed E-state index contributed by atoms with van der Waals surface area (Å²) in [5, 5.41) is 1.88. The van der Waals surface area contributed by atoms with E-state index in [-0.39, 0.29) is 5.92 Å². The average Bonchev–Trinajstić information content (AvgIpc) is 2.29. The van der Waals surface area contributed by atoms with E-state index in [0.717, 1.165) is 12.8 Å². The molecule has 7 heteroatoms. The molecule has 3 nitrogen and oxygen atoms in total. The van der Waals surface area contributed by atoms with Crippen LogP contribution in [0.2, 0.25) is 0 Å². The van der Waals surface area contributed by atoms with Gasteiger partial charge in [-0.15, -0.1) is 0 Å². The molecule has 0 saturated heterocycles. The first-order valence-electron chi connectivity index (χ1n) is 5.95. The number of halogens is 4. The maximum absolute atomic E-state index is 12.7. The molecule has 3 atom stereocenters. The fourth-order valence-corrected chi connectivity index (χ4v) is 2.16. The van der Waals surface area contributed by atoms with Crippen LogP contribution in [0.15, 0.2) is 0 Å². The van der Waals surface area contributed by atoms with Gasteiger partial charge in [0.05, 0.1) is 12.5 Å². The summed E-state index contributed by atoms with van der Waals surface area (Å²) in [5.41, 5.74) is 5.83. The quantitative estimate of drug-likeness (QED) is 0.765. The summed E-state index contributed by atoms with van der Waals surface area (Å²) in [6.45, 7) is 0.541. The minimum Gasteiger partial charge on any atom is -0.350 e. The van der Waals surface area contributed by atoms with Gasteiger partial charge < -0.3 is 11.1 Å². The van der Waals surface area contributed by atoms with Gasteiger partial charge in [-0.1, -0.05) is 13.3 Å². The summed E-state index contributed by atoms with van der Waals surface area (Å²) in [6, 6.07) is -0.404. The first-order valence-corrected chi connectivity index (χ1v) is 5.95. The lowest BCUT2D eigenvalue weighted by atomic mass is 9.78. The molecule has 0 spiro atoms. The molecule has 1 aliphatic rings. The van der Waals surface area contributed by atoms with E-state index < -0.39 is 36.8 Å². The van der Waals surface area contributed by atoms with Gasteiger partial charge in [-0.2, -0.15) is 8.78 Å². The van der Waals surface area contributed by atoms with Crippen molar-refractivity contribution < 1.29 is 22.4 Å². The predicted octanol–water partition coefficient (Wildman–Crippen LogP) is 1.77. The minimum absolute atomic E-state index is 0.130. The lowest BCUT2D eigenvalue weighted by Crippen LogP contribution is -2.50. The first kappa shape index (κ1) is 15.2. The van der Waals surface area contributed by atoms with Gasteiger partial charge in [-0.05, 0) is 18.8 Å². The van der Waals surface area contributed by atoms with Gasteiger partial charge in [0.15, 0.2) is 0 Å². The van der Waals surface area contributed by atoms with Crippen molar-refractivity contribution in [3.63, 3.8) is 0 Å². The molecule has 0 aliphatic heterocycles. The summed E-state index contributed by atoms with van der Waals surface area (Å²) in [5.74, 6) is -5.29. The van der Waals surface area contributed by atoms with Crippen LogP contribution in [0.25, 0.3) is 0 Å². The van der Waals surface area contributed by atoms with Crippen molar-refractivity contribution in [3.8, 4) is 0 Å². The molecule has 0 bridgehead atoms. The minimum atomic E-state index is -4.19. The summed E-state index contributed by atoms with van der Waals surface area (Å²) in [4.78, 5) is 11.7. The fourth-order valence-electron chi connectivity index (χ4n) is 2.16. The number of hydrogen-bond donors (Lipinski definition) is 2. The van der Waals surface area contributed by atoms with Crippen LogP contribution in [-0.4, -0.2) is 30.8 Å². The largest absolute Gasteiger partial charge is 0.350 e. The van der Waals surface area contributed by atoms with Gasteiger partial charge in [0.1, 0.15) is 0 Å². The van der Waals surface area contributed by atoms with E-state index in [1.54, 1.807) is 0 Å². The summed E-state index contributed by atoms with van der Waals surface area (Å²) < 4.78 is 49.1. The van der Waals surface area contributed by atoms with Crippen LogP contribution in [0.1, 0.15) is 26.2 Å². The lowest BCUT2D eigenvalue weighted by Gasteiger charge is -2.33. The Morgan fingerprint density at radius 3 is 2.61 bits per heavy atom. The van der Waals surface area contributed by atoms with Crippen molar-refractivity contribution in [2.75, 3.05) is 6.54 Å². The van der Waals surface area contributed by atoms with E-state index in [1.807, 2.05) is 12.2 Å². The molecule has 1 amide bonds. The van der Waals surface area contributed by atoms with Crippen LogP contribution in [0.3, 0.4) is 0 Å². The highest BCUT2D eigenvalue weighted by Gasteiger charge is 2.42. The van der Waals surface area contributed by atoms with Crippen LogP contribution in [0, 0.1) is 11.8 Å². The monoisotopic (exact) mass is 270 g/mol. The number of alkyl halides is 4. The van der Waals surface area contributed by atoms with Crippen molar-refractivity contribution in [3.05, 3.63) is 0 Å². The molecule has 3 N–H and O–H groups in total. The summed E-state index contributed by atoms with van der Waals surface area (Å²) in [6.07, 6.45) is -1.59. The molecule has 106 valence electrons. The highest BCUT2D eigenvalue weighted by atomic mass is 19.3. The smallest absolute Gasteiger partial charge is 0.324 e. The molecule has 0 aromatic heterocycles. The Morgan fingerprint density at radius 1 is 1.44 bits per heavy atom. The molecule has 1 rings (SSSR count). The van der Waals surface area contributed by atoms with Gasteiger partial charge >= 0.3 is 12.3 Å². The Hall–Kier alpha value is -0.850. The maximum atomic E-state index is 12.7. The lowest BCUT2D eigenvalue weighted by molar-refractivity contribution is -0.140. The molecule has 0 heterocycles. The SMILES string of the molecule is CC1CCCC(C(=O)NCC(F)(F)C(F)F)C1N. The van der Waals surface area contributed by atoms with Gasteiger partial charge in [0.25, 0.3) is 0 Å². The molecule has 0 radical (unpaired) electrons. The number of nitrogens with two attached hydrogens (primary N) is 1. The molecule has 0 aromatic rings. The topological polar surface area (TPSA) is 55.1 Å². The van der Waals surface area contributed by atoms with Crippen LogP contribution < -0.4 is 11.1 Å². The van der Waals surface area contributed by atoms with Gasteiger partial charge in [-0.3, -0.25) is 4.79 Å².